The minimum Gasteiger partial charge on any atom is -0.457 e. The Morgan fingerprint density at radius 2 is 1.68 bits per heavy atom. The zero-order valence-electron chi connectivity index (χ0n) is 19.7. The van der Waals surface area contributed by atoms with Gasteiger partial charge in [-0.05, 0) is 53.6 Å². The van der Waals surface area contributed by atoms with Gasteiger partial charge in [-0.2, -0.15) is 0 Å². The van der Waals surface area contributed by atoms with E-state index in [2.05, 4.69) is 0 Å². The summed E-state index contributed by atoms with van der Waals surface area (Å²) < 4.78 is 8.12. The summed E-state index contributed by atoms with van der Waals surface area (Å²) in [7, 11) is 0. The van der Waals surface area contributed by atoms with Gasteiger partial charge in [-0.15, -0.1) is 0 Å². The molecular formula is C29H18ClN3O4S. The van der Waals surface area contributed by atoms with Crippen molar-refractivity contribution in [2.75, 3.05) is 0 Å². The number of benzene rings is 3. The maximum Gasteiger partial charge on any atom is 0.271 e. The summed E-state index contributed by atoms with van der Waals surface area (Å²) in [6.07, 6.45) is 3.69. The fourth-order valence-electron chi connectivity index (χ4n) is 4.31. The third-order valence-corrected chi connectivity index (χ3v) is 7.43. The minimum absolute atomic E-state index is 0.00625. The van der Waals surface area contributed by atoms with Gasteiger partial charge in [-0.25, -0.2) is 4.99 Å². The Balaban J connectivity index is 1.44. The smallest absolute Gasteiger partial charge is 0.271 e. The highest BCUT2D eigenvalue weighted by Gasteiger charge is 2.22. The van der Waals surface area contributed by atoms with E-state index < -0.39 is 4.92 Å². The highest BCUT2D eigenvalue weighted by Crippen LogP contribution is 2.28. The average molecular weight is 540 g/mol. The van der Waals surface area contributed by atoms with Gasteiger partial charge >= 0.3 is 0 Å². The molecule has 6 rings (SSSR count). The largest absolute Gasteiger partial charge is 0.457 e. The molecular weight excluding hydrogens is 522 g/mol. The van der Waals surface area contributed by atoms with E-state index in [-0.39, 0.29) is 17.3 Å². The summed E-state index contributed by atoms with van der Waals surface area (Å²) >= 11 is 7.42. The highest BCUT2D eigenvalue weighted by atomic mass is 35.5. The maximum atomic E-state index is 13.6. The number of rotatable bonds is 5. The third-order valence-electron chi connectivity index (χ3n) is 6.19. The lowest BCUT2D eigenvalue weighted by atomic mass is 10.0. The van der Waals surface area contributed by atoms with Crippen LogP contribution >= 0.6 is 22.9 Å². The van der Waals surface area contributed by atoms with Crippen LogP contribution in [-0.2, 0) is 0 Å². The molecule has 0 radical (unpaired) electrons. The van der Waals surface area contributed by atoms with Crippen molar-refractivity contribution in [1.82, 2.24) is 4.57 Å². The Morgan fingerprint density at radius 1 is 0.947 bits per heavy atom. The monoisotopic (exact) mass is 539 g/mol. The number of nitro benzene ring substituents is 1. The maximum absolute atomic E-state index is 13.6. The van der Waals surface area contributed by atoms with Crippen molar-refractivity contribution in [1.29, 1.82) is 0 Å². The molecule has 1 aliphatic heterocycles. The Hall–Kier alpha value is -4.53. The Bertz CT molecular complexity index is 1870. The van der Waals surface area contributed by atoms with Crippen LogP contribution in [0, 0.1) is 10.1 Å². The van der Waals surface area contributed by atoms with Crippen LogP contribution < -0.4 is 14.9 Å². The number of non-ortho nitro benzene ring substituents is 1. The van der Waals surface area contributed by atoms with Crippen LogP contribution in [0.2, 0.25) is 5.02 Å². The van der Waals surface area contributed by atoms with E-state index in [4.69, 9.17) is 21.0 Å². The summed E-state index contributed by atoms with van der Waals surface area (Å²) in [4.78, 5) is 29.5. The lowest BCUT2D eigenvalue weighted by Gasteiger charge is -2.19. The van der Waals surface area contributed by atoms with Gasteiger partial charge in [0.2, 0.25) is 0 Å². The van der Waals surface area contributed by atoms with Crippen LogP contribution in [0.3, 0.4) is 0 Å². The molecule has 186 valence electrons. The standard InChI is InChI=1S/C29H18ClN3O4S/c30-21-10-6-19(7-11-21)25-17-24(18-4-2-1-3-5-18)31-29-32(25)28(34)27(38-29)16-23-14-15-26(37-23)20-8-12-22(13-9-20)33(35)36/h1-17,25H. The van der Waals surface area contributed by atoms with Crippen LogP contribution in [0.15, 0.2) is 111 Å². The van der Waals surface area contributed by atoms with E-state index in [1.165, 1.54) is 23.5 Å². The second kappa shape index (κ2) is 9.74. The normalized spacial score (nSPS) is 15.0. The number of thiazole rings is 1. The Morgan fingerprint density at radius 3 is 2.39 bits per heavy atom. The molecule has 9 heteroatoms. The van der Waals surface area contributed by atoms with Gasteiger partial charge in [0.05, 0.1) is 21.2 Å². The average Bonchev–Trinajstić information content (AvgIpc) is 3.53. The molecule has 0 fully saturated rings. The van der Waals surface area contributed by atoms with Crippen molar-refractivity contribution in [2.45, 2.75) is 6.04 Å². The molecule has 1 aliphatic rings. The van der Waals surface area contributed by atoms with E-state index in [1.54, 1.807) is 34.9 Å². The molecule has 0 N–H and O–H groups in total. The van der Waals surface area contributed by atoms with E-state index >= 15 is 0 Å². The van der Waals surface area contributed by atoms with Crippen molar-refractivity contribution in [3.63, 3.8) is 0 Å². The third kappa shape index (κ3) is 4.51. The first kappa shape index (κ1) is 23.8. The van der Waals surface area contributed by atoms with E-state index in [9.17, 15) is 14.9 Å². The van der Waals surface area contributed by atoms with E-state index in [1.807, 2.05) is 60.7 Å². The van der Waals surface area contributed by atoms with Crippen molar-refractivity contribution in [3.05, 3.63) is 149 Å². The van der Waals surface area contributed by atoms with Crippen LogP contribution in [0.4, 0.5) is 5.69 Å². The van der Waals surface area contributed by atoms with Gasteiger partial charge < -0.3 is 4.42 Å². The second-order valence-corrected chi connectivity index (χ2v) is 10.0. The first-order valence-corrected chi connectivity index (χ1v) is 12.8. The van der Waals surface area contributed by atoms with Crippen molar-refractivity contribution < 1.29 is 9.34 Å². The lowest BCUT2D eigenvalue weighted by molar-refractivity contribution is -0.384. The van der Waals surface area contributed by atoms with Gasteiger partial charge in [0.25, 0.3) is 11.2 Å². The Labute approximate surface area is 225 Å². The van der Waals surface area contributed by atoms with Crippen molar-refractivity contribution >= 4 is 40.4 Å². The van der Waals surface area contributed by atoms with Gasteiger partial charge in [-0.3, -0.25) is 19.5 Å². The van der Waals surface area contributed by atoms with Crippen molar-refractivity contribution in [3.8, 4) is 11.3 Å². The molecule has 0 amide bonds. The molecule has 5 aromatic rings. The number of aromatic nitrogens is 1. The zero-order chi connectivity index (χ0) is 26.2. The molecule has 7 nitrogen and oxygen atoms in total. The summed E-state index contributed by atoms with van der Waals surface area (Å²) in [6, 6.07) is 26.6. The van der Waals surface area contributed by atoms with Gasteiger partial charge in [-0.1, -0.05) is 65.4 Å². The lowest BCUT2D eigenvalue weighted by Crippen LogP contribution is -2.36. The fraction of sp³-hybridized carbons (Fsp3) is 0.0345. The Kier molecular flexibility index (Phi) is 6.11. The quantitative estimate of drug-likeness (QED) is 0.208. The number of hydrogen-bond donors (Lipinski definition) is 0. The molecule has 0 aliphatic carbocycles. The molecule has 1 atom stereocenters. The topological polar surface area (TPSA) is 90.6 Å². The van der Waals surface area contributed by atoms with Crippen molar-refractivity contribution in [2.24, 2.45) is 4.99 Å². The predicted molar refractivity (Wildman–Crippen MR) is 148 cm³/mol. The summed E-state index contributed by atoms with van der Waals surface area (Å²) in [6.45, 7) is 0. The number of allylic oxidation sites excluding steroid dienone is 1. The van der Waals surface area contributed by atoms with E-state index in [0.29, 0.717) is 31.4 Å². The number of nitro groups is 1. The molecule has 0 saturated heterocycles. The van der Waals surface area contributed by atoms with Crippen LogP contribution in [-0.4, -0.2) is 9.49 Å². The van der Waals surface area contributed by atoms with Gasteiger partial charge in [0.1, 0.15) is 11.5 Å². The number of nitrogens with zero attached hydrogens (tertiary/aromatic N) is 3. The zero-order valence-corrected chi connectivity index (χ0v) is 21.2. The van der Waals surface area contributed by atoms with Crippen LogP contribution in [0.5, 0.6) is 0 Å². The molecule has 1 unspecified atom stereocenters. The number of fused-ring (bicyclic) bond motifs is 1. The SMILES string of the molecule is O=c1c(=Cc2ccc(-c3ccc([N+](=O)[O-])cc3)o2)sc2n1C(c1ccc(Cl)cc1)C=C(c1ccccc1)N=2. The second-order valence-electron chi connectivity index (χ2n) is 8.60. The minimum atomic E-state index is -0.447. The predicted octanol–water partition coefficient (Wildman–Crippen LogP) is 5.82. The van der Waals surface area contributed by atoms with Crippen LogP contribution in [0.25, 0.3) is 23.1 Å². The molecule has 0 spiro atoms. The summed E-state index contributed by atoms with van der Waals surface area (Å²) in [5.41, 5.74) is 3.20. The van der Waals surface area contributed by atoms with Crippen LogP contribution in [0.1, 0.15) is 22.9 Å². The van der Waals surface area contributed by atoms with E-state index in [0.717, 1.165) is 16.8 Å². The molecule has 3 heterocycles. The highest BCUT2D eigenvalue weighted by molar-refractivity contribution is 7.07. The fourth-order valence-corrected chi connectivity index (χ4v) is 5.43. The summed E-state index contributed by atoms with van der Waals surface area (Å²) in [5, 5.41) is 11.6. The number of halogens is 1. The molecule has 0 saturated carbocycles. The number of furan rings is 1. The first-order valence-electron chi connectivity index (χ1n) is 11.7. The molecule has 2 aromatic heterocycles. The molecule has 3 aromatic carbocycles. The van der Waals surface area contributed by atoms with Gasteiger partial charge in [0, 0.05) is 28.8 Å². The molecule has 0 bridgehead atoms. The summed E-state index contributed by atoms with van der Waals surface area (Å²) in [5.74, 6) is 1.04. The van der Waals surface area contributed by atoms with Gasteiger partial charge in [0.15, 0.2) is 4.80 Å². The number of hydrogen-bond acceptors (Lipinski definition) is 6. The molecule has 38 heavy (non-hydrogen) atoms. The first-order chi connectivity index (χ1) is 18.5.